The Kier molecular flexibility index (Phi) is 3.87. The first-order valence-corrected chi connectivity index (χ1v) is 6.54. The van der Waals surface area contributed by atoms with E-state index in [2.05, 4.69) is 25.7 Å². The minimum atomic E-state index is -0.206. The Hall–Kier alpha value is -2.18. The predicted octanol–water partition coefficient (Wildman–Crippen LogP) is 1.08. The third-order valence-electron chi connectivity index (χ3n) is 2.69. The number of hydrogen-bond acceptors (Lipinski definition) is 5. The summed E-state index contributed by atoms with van der Waals surface area (Å²) in [5.74, 6) is 0.716. The van der Waals surface area contributed by atoms with Crippen molar-refractivity contribution >= 4 is 22.8 Å². The molecule has 2 aromatic rings. The van der Waals surface area contributed by atoms with Crippen LogP contribution >= 0.6 is 0 Å². The van der Waals surface area contributed by atoms with Gasteiger partial charge in [0.05, 0.1) is 11.6 Å². The van der Waals surface area contributed by atoms with Crippen molar-refractivity contribution in [2.24, 2.45) is 7.05 Å². The topological polar surface area (TPSA) is 84.7 Å². The second-order valence-electron chi connectivity index (χ2n) is 5.70. The number of hydrogen-bond donors (Lipinski definition) is 2. The molecule has 20 heavy (non-hydrogen) atoms. The monoisotopic (exact) mass is 276 g/mol. The van der Waals surface area contributed by atoms with Crippen LogP contribution in [0.25, 0.3) is 11.0 Å². The summed E-state index contributed by atoms with van der Waals surface area (Å²) in [7, 11) is 1.83. The molecule has 0 aliphatic heterocycles. The molecule has 0 unspecified atom stereocenters. The minimum absolute atomic E-state index is 0.0153. The van der Waals surface area contributed by atoms with Gasteiger partial charge in [-0.1, -0.05) is 0 Å². The van der Waals surface area contributed by atoms with E-state index in [1.54, 1.807) is 10.9 Å². The van der Waals surface area contributed by atoms with Crippen molar-refractivity contribution in [3.8, 4) is 0 Å². The molecule has 0 saturated heterocycles. The van der Waals surface area contributed by atoms with Crippen molar-refractivity contribution < 1.29 is 4.79 Å². The van der Waals surface area contributed by atoms with E-state index in [1.165, 1.54) is 6.33 Å². The van der Waals surface area contributed by atoms with Crippen molar-refractivity contribution in [1.82, 2.24) is 25.1 Å². The van der Waals surface area contributed by atoms with Gasteiger partial charge in [0.15, 0.2) is 5.65 Å². The number of aromatic nitrogens is 4. The summed E-state index contributed by atoms with van der Waals surface area (Å²) in [4.78, 5) is 20.1. The lowest BCUT2D eigenvalue weighted by molar-refractivity contribution is -0.122. The first-order valence-electron chi connectivity index (χ1n) is 6.54. The molecule has 0 radical (unpaired) electrons. The second kappa shape index (κ2) is 5.44. The summed E-state index contributed by atoms with van der Waals surface area (Å²) < 4.78 is 1.69. The van der Waals surface area contributed by atoms with E-state index in [9.17, 15) is 4.79 Å². The zero-order valence-electron chi connectivity index (χ0n) is 12.3. The molecular formula is C13H20N6O. The van der Waals surface area contributed by atoms with Gasteiger partial charge in [0.2, 0.25) is 5.91 Å². The molecule has 0 spiro atoms. The Balaban J connectivity index is 1.95. The Morgan fingerprint density at radius 3 is 2.80 bits per heavy atom. The van der Waals surface area contributed by atoms with E-state index in [0.717, 1.165) is 11.0 Å². The van der Waals surface area contributed by atoms with E-state index < -0.39 is 0 Å². The fourth-order valence-electron chi connectivity index (χ4n) is 1.88. The van der Waals surface area contributed by atoms with Crippen LogP contribution in [0.4, 0.5) is 5.82 Å². The van der Waals surface area contributed by atoms with E-state index in [1.807, 2.05) is 27.8 Å². The number of anilines is 1. The van der Waals surface area contributed by atoms with Gasteiger partial charge in [-0.15, -0.1) is 0 Å². The number of carbonyl (C=O) groups is 1. The summed E-state index contributed by atoms with van der Waals surface area (Å²) >= 11 is 0. The number of amides is 1. The fraction of sp³-hybridized carbons (Fsp3) is 0.538. The zero-order valence-corrected chi connectivity index (χ0v) is 12.3. The van der Waals surface area contributed by atoms with Crippen molar-refractivity contribution in [2.45, 2.75) is 32.7 Å². The predicted molar refractivity (Wildman–Crippen MR) is 77.3 cm³/mol. The molecule has 2 aromatic heterocycles. The molecule has 7 heteroatoms. The molecule has 2 N–H and O–H groups in total. The SMILES string of the molecule is Cn1ncc2c(NCCC(=O)NC(C)(C)C)ncnc21. The number of carbonyl (C=O) groups excluding carboxylic acids is 1. The fourth-order valence-corrected chi connectivity index (χ4v) is 1.88. The molecule has 1 amide bonds. The average molecular weight is 276 g/mol. The van der Waals surface area contributed by atoms with Gasteiger partial charge in [-0.25, -0.2) is 9.97 Å². The highest BCUT2D eigenvalue weighted by Gasteiger charge is 2.13. The summed E-state index contributed by atoms with van der Waals surface area (Å²) in [6.45, 7) is 6.40. The Morgan fingerprint density at radius 1 is 1.35 bits per heavy atom. The molecule has 2 heterocycles. The Labute approximate surface area is 117 Å². The van der Waals surface area contributed by atoms with Crippen LogP contribution in [-0.2, 0) is 11.8 Å². The average Bonchev–Trinajstić information content (AvgIpc) is 2.70. The van der Waals surface area contributed by atoms with Crippen molar-refractivity contribution in [1.29, 1.82) is 0 Å². The summed E-state index contributed by atoms with van der Waals surface area (Å²) in [6, 6.07) is 0. The van der Waals surface area contributed by atoms with Crippen LogP contribution in [0.5, 0.6) is 0 Å². The molecular weight excluding hydrogens is 256 g/mol. The number of fused-ring (bicyclic) bond motifs is 1. The zero-order chi connectivity index (χ0) is 14.8. The van der Waals surface area contributed by atoms with Gasteiger partial charge in [-0.3, -0.25) is 9.48 Å². The van der Waals surface area contributed by atoms with E-state index in [4.69, 9.17) is 0 Å². The van der Waals surface area contributed by atoms with Crippen molar-refractivity contribution in [3.63, 3.8) is 0 Å². The number of rotatable bonds is 4. The molecule has 0 aliphatic rings. The van der Waals surface area contributed by atoms with Crippen molar-refractivity contribution in [3.05, 3.63) is 12.5 Å². The molecule has 108 valence electrons. The molecule has 0 bridgehead atoms. The summed E-state index contributed by atoms with van der Waals surface area (Å²) in [6.07, 6.45) is 3.59. The second-order valence-corrected chi connectivity index (χ2v) is 5.70. The van der Waals surface area contributed by atoms with Gasteiger partial charge in [-0.2, -0.15) is 5.10 Å². The molecule has 0 saturated carbocycles. The Morgan fingerprint density at radius 2 is 2.10 bits per heavy atom. The lowest BCUT2D eigenvalue weighted by Gasteiger charge is -2.20. The van der Waals surface area contributed by atoms with Crippen LogP contribution in [-0.4, -0.2) is 37.7 Å². The molecule has 0 aromatic carbocycles. The quantitative estimate of drug-likeness (QED) is 0.873. The number of nitrogens with zero attached hydrogens (tertiary/aromatic N) is 4. The first-order chi connectivity index (χ1) is 9.37. The molecule has 7 nitrogen and oxygen atoms in total. The molecule has 0 fully saturated rings. The maximum atomic E-state index is 11.7. The third kappa shape index (κ3) is 3.43. The van der Waals surface area contributed by atoms with Gasteiger partial charge in [0, 0.05) is 25.6 Å². The minimum Gasteiger partial charge on any atom is -0.369 e. The van der Waals surface area contributed by atoms with Gasteiger partial charge in [-0.05, 0) is 20.8 Å². The normalized spacial score (nSPS) is 11.6. The van der Waals surface area contributed by atoms with Crippen LogP contribution in [0.1, 0.15) is 27.2 Å². The van der Waals surface area contributed by atoms with Crippen LogP contribution < -0.4 is 10.6 Å². The van der Waals surface area contributed by atoms with Gasteiger partial charge in [0.1, 0.15) is 12.1 Å². The molecule has 0 aliphatic carbocycles. The highest BCUT2D eigenvalue weighted by molar-refractivity contribution is 5.86. The maximum absolute atomic E-state index is 11.7. The van der Waals surface area contributed by atoms with Gasteiger partial charge < -0.3 is 10.6 Å². The highest BCUT2D eigenvalue weighted by Crippen LogP contribution is 2.17. The van der Waals surface area contributed by atoms with E-state index in [-0.39, 0.29) is 11.4 Å². The van der Waals surface area contributed by atoms with Crippen molar-refractivity contribution in [2.75, 3.05) is 11.9 Å². The summed E-state index contributed by atoms with van der Waals surface area (Å²) in [5.41, 5.74) is 0.560. The lowest BCUT2D eigenvalue weighted by Crippen LogP contribution is -2.41. The van der Waals surface area contributed by atoms with Crippen LogP contribution in [0, 0.1) is 0 Å². The Bertz CT molecular complexity index is 613. The van der Waals surface area contributed by atoms with E-state index in [0.29, 0.717) is 18.8 Å². The third-order valence-corrected chi connectivity index (χ3v) is 2.69. The number of nitrogens with one attached hydrogen (secondary N) is 2. The standard InChI is InChI=1S/C13H20N6O/c1-13(2,3)18-10(20)5-6-14-11-9-7-17-19(4)12(9)16-8-15-11/h7-8H,5-6H2,1-4H3,(H,18,20)(H,14,15,16). The van der Waals surface area contributed by atoms with Crippen LogP contribution in [0.15, 0.2) is 12.5 Å². The van der Waals surface area contributed by atoms with Crippen LogP contribution in [0.3, 0.4) is 0 Å². The largest absolute Gasteiger partial charge is 0.369 e. The molecule has 0 atom stereocenters. The number of aryl methyl sites for hydroxylation is 1. The van der Waals surface area contributed by atoms with Gasteiger partial charge in [0.25, 0.3) is 0 Å². The van der Waals surface area contributed by atoms with E-state index >= 15 is 0 Å². The smallest absolute Gasteiger partial charge is 0.222 e. The summed E-state index contributed by atoms with van der Waals surface area (Å²) in [5, 5.41) is 11.1. The highest BCUT2D eigenvalue weighted by atomic mass is 16.1. The molecule has 2 rings (SSSR count). The first kappa shape index (κ1) is 14.2. The van der Waals surface area contributed by atoms with Gasteiger partial charge >= 0.3 is 0 Å². The lowest BCUT2D eigenvalue weighted by atomic mass is 10.1. The van der Waals surface area contributed by atoms with Crippen LogP contribution in [0.2, 0.25) is 0 Å². The maximum Gasteiger partial charge on any atom is 0.222 e.